The fourth-order valence-corrected chi connectivity index (χ4v) is 7.99. The van der Waals surface area contributed by atoms with Crippen molar-refractivity contribution < 1.29 is 4.39 Å². The van der Waals surface area contributed by atoms with Gasteiger partial charge in [-0.2, -0.15) is 0 Å². The fourth-order valence-electron chi connectivity index (χ4n) is 7.99. The molecule has 0 aliphatic rings. The maximum Gasteiger partial charge on any atom is 0.123 e. The van der Waals surface area contributed by atoms with Gasteiger partial charge in [0.15, 0.2) is 0 Å². The van der Waals surface area contributed by atoms with Crippen molar-refractivity contribution in [1.82, 2.24) is 34.9 Å². The summed E-state index contributed by atoms with van der Waals surface area (Å²) < 4.78 is 14.6. The average Bonchev–Trinajstić information content (AvgIpc) is 3.22. The van der Waals surface area contributed by atoms with Crippen LogP contribution in [0.25, 0.3) is 116 Å². The van der Waals surface area contributed by atoms with E-state index in [1.807, 2.05) is 54.6 Å². The summed E-state index contributed by atoms with van der Waals surface area (Å²) >= 11 is 0. The van der Waals surface area contributed by atoms with E-state index in [4.69, 9.17) is 34.9 Å². The number of aromatic nitrogens is 7. The van der Waals surface area contributed by atoms with E-state index in [0.29, 0.717) is 44.2 Å². The normalized spacial score (nSPS) is 12.0. The van der Waals surface area contributed by atoms with Crippen LogP contribution in [0.2, 0.25) is 0 Å². The van der Waals surface area contributed by atoms with Gasteiger partial charge in [0.1, 0.15) is 27.9 Å². The molecule has 0 spiro atoms. The van der Waals surface area contributed by atoms with E-state index in [9.17, 15) is 4.39 Å². The van der Waals surface area contributed by atoms with Crippen LogP contribution in [0.5, 0.6) is 0 Å². The molecule has 11 aromatic rings. The van der Waals surface area contributed by atoms with Gasteiger partial charge in [-0.1, -0.05) is 72.8 Å². The van der Waals surface area contributed by atoms with E-state index >= 15 is 0 Å². The number of aryl methyl sites for hydroxylation is 1. The number of nitrogens with zero attached hydrogens (tertiary/aromatic N) is 7. The third-order valence-electron chi connectivity index (χ3n) is 10.4. The van der Waals surface area contributed by atoms with Gasteiger partial charge in [-0.3, -0.25) is 15.0 Å². The number of hydrogen-bond acceptors (Lipinski definition) is 7. The van der Waals surface area contributed by atoms with Crippen LogP contribution in [0.15, 0.2) is 128 Å². The highest BCUT2D eigenvalue weighted by Crippen LogP contribution is 2.45. The Morgan fingerprint density at radius 2 is 0.870 bits per heavy atom. The summed E-state index contributed by atoms with van der Waals surface area (Å²) in [4.78, 5) is 36.5. The van der Waals surface area contributed by atoms with Crippen molar-refractivity contribution in [2.24, 2.45) is 0 Å². The van der Waals surface area contributed by atoms with Gasteiger partial charge < -0.3 is 0 Å². The molecule has 5 aromatic heterocycles. The van der Waals surface area contributed by atoms with Crippen LogP contribution in [0.3, 0.4) is 0 Å². The molecule has 0 bridgehead atoms. The van der Waals surface area contributed by atoms with Gasteiger partial charge in [0.2, 0.25) is 0 Å². The molecule has 252 valence electrons. The van der Waals surface area contributed by atoms with Crippen LogP contribution in [-0.2, 0) is 0 Å². The van der Waals surface area contributed by atoms with Gasteiger partial charge in [-0.05, 0) is 72.1 Å². The Morgan fingerprint density at radius 3 is 1.37 bits per heavy atom. The lowest BCUT2D eigenvalue weighted by Gasteiger charge is -2.18. The minimum Gasteiger partial charge on any atom is -0.256 e. The van der Waals surface area contributed by atoms with Crippen LogP contribution >= 0.6 is 0 Å². The van der Waals surface area contributed by atoms with E-state index < -0.39 is 0 Å². The molecule has 0 saturated heterocycles. The second kappa shape index (κ2) is 11.3. The summed E-state index contributed by atoms with van der Waals surface area (Å²) in [5.41, 5.74) is 13.0. The molecular weight excluding hydrogens is 670 g/mol. The van der Waals surface area contributed by atoms with Crippen molar-refractivity contribution in [3.8, 4) is 22.3 Å². The van der Waals surface area contributed by atoms with Gasteiger partial charge in [0.05, 0.1) is 38.6 Å². The second-order valence-corrected chi connectivity index (χ2v) is 13.5. The summed E-state index contributed by atoms with van der Waals surface area (Å²) in [6, 6.07) is 32.8. The van der Waals surface area contributed by atoms with Crippen molar-refractivity contribution in [3.05, 3.63) is 145 Å². The van der Waals surface area contributed by atoms with Gasteiger partial charge in [-0.15, -0.1) is 0 Å². The third kappa shape index (κ3) is 4.25. The highest BCUT2D eigenvalue weighted by atomic mass is 19.1. The molecule has 0 aliphatic carbocycles. The predicted molar refractivity (Wildman–Crippen MR) is 217 cm³/mol. The van der Waals surface area contributed by atoms with Crippen molar-refractivity contribution in [1.29, 1.82) is 0 Å². The van der Waals surface area contributed by atoms with Crippen molar-refractivity contribution >= 4 is 93.7 Å². The van der Waals surface area contributed by atoms with Crippen LogP contribution in [-0.4, -0.2) is 34.9 Å². The Bertz CT molecular complexity index is 3420. The van der Waals surface area contributed by atoms with Gasteiger partial charge >= 0.3 is 0 Å². The molecule has 0 fully saturated rings. The zero-order chi connectivity index (χ0) is 36.1. The Labute approximate surface area is 306 Å². The maximum atomic E-state index is 14.6. The van der Waals surface area contributed by atoms with Crippen LogP contribution < -0.4 is 0 Å². The summed E-state index contributed by atoms with van der Waals surface area (Å²) in [5, 5.41) is 4.43. The summed E-state index contributed by atoms with van der Waals surface area (Å²) in [5.74, 6) is -0.339. The molecule has 0 atom stereocenters. The molecule has 0 amide bonds. The molecule has 11 rings (SSSR count). The zero-order valence-corrected chi connectivity index (χ0v) is 28.8. The summed E-state index contributed by atoms with van der Waals surface area (Å²) in [7, 11) is 0. The number of hydrogen-bond donors (Lipinski definition) is 0. The summed E-state index contributed by atoms with van der Waals surface area (Å²) in [6.07, 6.45) is 7.20. The molecule has 5 heterocycles. The second-order valence-electron chi connectivity index (χ2n) is 13.5. The van der Waals surface area contributed by atoms with Crippen LogP contribution in [0.4, 0.5) is 4.39 Å². The van der Waals surface area contributed by atoms with Crippen molar-refractivity contribution in [3.63, 3.8) is 0 Å². The SMILES string of the molecule is C=Cc1cccc2c3nc4c(-c5ccc(C)cc5)c5nc6c7cccnc7c7ncccc7c6nc5c(-c5ccc(F)cc5)c4nc3c3cccnc3c12. The first-order chi connectivity index (χ1) is 26.6. The Morgan fingerprint density at radius 1 is 0.444 bits per heavy atom. The average molecular weight is 696 g/mol. The molecule has 0 aliphatic heterocycles. The molecule has 6 aromatic carbocycles. The lowest BCUT2D eigenvalue weighted by molar-refractivity contribution is 0.628. The number of fused-ring (bicyclic) bond motifs is 14. The monoisotopic (exact) mass is 695 g/mol. The van der Waals surface area contributed by atoms with Crippen molar-refractivity contribution in [2.45, 2.75) is 6.92 Å². The van der Waals surface area contributed by atoms with E-state index in [0.717, 1.165) is 76.8 Å². The van der Waals surface area contributed by atoms with E-state index in [-0.39, 0.29) is 5.82 Å². The number of pyridine rings is 3. The Kier molecular flexibility index (Phi) is 6.37. The Hall–Kier alpha value is -7.32. The van der Waals surface area contributed by atoms with Gasteiger partial charge in [0.25, 0.3) is 0 Å². The summed E-state index contributed by atoms with van der Waals surface area (Å²) in [6.45, 7) is 6.18. The molecular formula is C46H26FN7. The van der Waals surface area contributed by atoms with Gasteiger partial charge in [0, 0.05) is 56.6 Å². The molecule has 0 radical (unpaired) electrons. The molecule has 0 saturated carbocycles. The van der Waals surface area contributed by atoms with Crippen LogP contribution in [0, 0.1) is 12.7 Å². The molecule has 8 heteroatoms. The minimum atomic E-state index is -0.339. The first kappa shape index (κ1) is 30.3. The first-order valence-corrected chi connectivity index (χ1v) is 17.6. The lowest BCUT2D eigenvalue weighted by Crippen LogP contribution is -2.02. The van der Waals surface area contributed by atoms with Crippen molar-refractivity contribution in [2.75, 3.05) is 0 Å². The zero-order valence-electron chi connectivity index (χ0n) is 28.8. The topological polar surface area (TPSA) is 90.2 Å². The number of benzene rings is 6. The third-order valence-corrected chi connectivity index (χ3v) is 10.4. The largest absolute Gasteiger partial charge is 0.256 e. The van der Waals surface area contributed by atoms with E-state index in [1.165, 1.54) is 12.1 Å². The number of rotatable bonds is 3. The predicted octanol–water partition coefficient (Wildman–Crippen LogP) is 11.1. The maximum absolute atomic E-state index is 14.6. The lowest BCUT2D eigenvalue weighted by atomic mass is 9.93. The minimum absolute atomic E-state index is 0.339. The Balaban J connectivity index is 1.45. The molecule has 54 heavy (non-hydrogen) atoms. The quantitative estimate of drug-likeness (QED) is 0.134. The molecule has 0 unspecified atom stereocenters. The fraction of sp³-hybridized carbons (Fsp3) is 0.0217. The highest BCUT2D eigenvalue weighted by molar-refractivity contribution is 6.28. The van der Waals surface area contributed by atoms with E-state index in [2.05, 4.69) is 43.8 Å². The first-order valence-electron chi connectivity index (χ1n) is 17.6. The van der Waals surface area contributed by atoms with Crippen LogP contribution in [0.1, 0.15) is 11.1 Å². The number of halogens is 1. The molecule has 0 N–H and O–H groups in total. The smallest absolute Gasteiger partial charge is 0.123 e. The standard InChI is InChI=1S/C46H26FN7/c1-3-25-8-4-9-29-33(25)36-30(10-5-21-48-36)40-39(29)51-43-34(26-15-13-24(2)14-16-26)44-46(35(45(43)52-40)27-17-19-28(47)20-18-27)54-42-32-12-7-23-50-38(32)37-31(41(42)53-44)11-6-22-49-37/h3-23H,1H2,2H3. The highest BCUT2D eigenvalue weighted by Gasteiger charge is 2.26. The van der Waals surface area contributed by atoms with Gasteiger partial charge in [-0.25, -0.2) is 24.3 Å². The molecule has 7 nitrogen and oxygen atoms in total. The van der Waals surface area contributed by atoms with E-state index in [1.54, 1.807) is 30.7 Å².